The van der Waals surface area contributed by atoms with Gasteiger partial charge in [-0.25, -0.2) is 0 Å². The van der Waals surface area contributed by atoms with Gasteiger partial charge in [0.25, 0.3) is 0 Å². The van der Waals surface area contributed by atoms with E-state index in [1.165, 1.54) is 16.7 Å². The van der Waals surface area contributed by atoms with Crippen molar-refractivity contribution in [2.75, 3.05) is 20.2 Å². The molecule has 3 nitrogen and oxygen atoms in total. The molecule has 0 saturated carbocycles. The molecule has 23 heavy (non-hydrogen) atoms. The maximum absolute atomic E-state index is 10.1. The molecular weight excluding hydrogens is 286 g/mol. The van der Waals surface area contributed by atoms with Crippen LogP contribution in [0.1, 0.15) is 23.1 Å². The summed E-state index contributed by atoms with van der Waals surface area (Å²) in [6.45, 7) is 3.48. The highest BCUT2D eigenvalue weighted by Crippen LogP contribution is 2.28. The highest BCUT2D eigenvalue weighted by atomic mass is 16.5. The molecule has 1 heterocycles. The first-order valence-electron chi connectivity index (χ1n) is 8.03. The lowest BCUT2D eigenvalue weighted by molar-refractivity contribution is 0.184. The molecule has 0 saturated heterocycles. The Bertz CT molecular complexity index is 694. The first kappa shape index (κ1) is 15.8. The van der Waals surface area contributed by atoms with Crippen molar-refractivity contribution in [2.45, 2.75) is 19.6 Å². The Kier molecular flexibility index (Phi) is 5.11. The van der Waals surface area contributed by atoms with Crippen LogP contribution in [0.3, 0.4) is 0 Å². The zero-order valence-electron chi connectivity index (χ0n) is 13.5. The van der Waals surface area contributed by atoms with Crippen LogP contribution in [0.5, 0.6) is 5.75 Å². The van der Waals surface area contributed by atoms with E-state index in [1.807, 2.05) is 18.2 Å². The highest BCUT2D eigenvalue weighted by Gasteiger charge is 2.16. The lowest BCUT2D eigenvalue weighted by Gasteiger charge is -2.28. The molecule has 2 aromatic carbocycles. The summed E-state index contributed by atoms with van der Waals surface area (Å²) in [6, 6.07) is 16.1. The van der Waals surface area contributed by atoms with Crippen molar-refractivity contribution < 1.29 is 9.84 Å². The average molecular weight is 309 g/mol. The minimum atomic E-state index is 0.364. The van der Waals surface area contributed by atoms with E-state index in [1.54, 1.807) is 13.2 Å². The van der Waals surface area contributed by atoms with Crippen molar-refractivity contribution in [3.8, 4) is 5.75 Å². The molecule has 3 rings (SSSR count). The number of aromatic hydroxyl groups is 1. The van der Waals surface area contributed by atoms with Crippen LogP contribution in [0.15, 0.2) is 54.6 Å². The number of benzene rings is 2. The molecule has 0 radical (unpaired) electrons. The molecule has 0 amide bonds. The Hall–Kier alpha value is -2.10. The van der Waals surface area contributed by atoms with Crippen molar-refractivity contribution in [1.29, 1.82) is 0 Å². The molecule has 0 aromatic heterocycles. The van der Waals surface area contributed by atoms with E-state index in [4.69, 9.17) is 4.74 Å². The van der Waals surface area contributed by atoms with Crippen molar-refractivity contribution in [3.63, 3.8) is 0 Å². The number of hydrogen-bond donors (Lipinski definition) is 1. The quantitative estimate of drug-likeness (QED) is 0.911. The van der Waals surface area contributed by atoms with Gasteiger partial charge in [-0.2, -0.15) is 0 Å². The molecule has 0 aliphatic carbocycles. The second-order valence-corrected chi connectivity index (χ2v) is 6.00. The van der Waals surface area contributed by atoms with E-state index in [0.29, 0.717) is 12.4 Å². The van der Waals surface area contributed by atoms with Crippen LogP contribution in [0.25, 0.3) is 5.57 Å². The summed E-state index contributed by atoms with van der Waals surface area (Å²) in [5.74, 6) is 0.364. The molecule has 0 fully saturated rings. The number of rotatable bonds is 5. The first-order chi connectivity index (χ1) is 11.3. The standard InChI is InChI=1S/C20H23NO2/c1-23-15-17-7-4-6-16(12-17)13-21-11-5-8-18(14-21)19-9-2-3-10-20(19)22/h2-4,6-10,12,22H,5,11,13-15H2,1H3. The van der Waals surface area contributed by atoms with Gasteiger partial charge in [-0.1, -0.05) is 48.5 Å². The topological polar surface area (TPSA) is 32.7 Å². The fourth-order valence-electron chi connectivity index (χ4n) is 3.12. The third-order valence-electron chi connectivity index (χ3n) is 4.19. The van der Waals surface area contributed by atoms with E-state index < -0.39 is 0 Å². The van der Waals surface area contributed by atoms with Gasteiger partial charge >= 0.3 is 0 Å². The van der Waals surface area contributed by atoms with Crippen LogP contribution in [0.4, 0.5) is 0 Å². The second kappa shape index (κ2) is 7.44. The van der Waals surface area contributed by atoms with Crippen LogP contribution < -0.4 is 0 Å². The number of para-hydroxylation sites is 1. The van der Waals surface area contributed by atoms with Gasteiger partial charge in [0.15, 0.2) is 0 Å². The summed E-state index contributed by atoms with van der Waals surface area (Å²) in [6.07, 6.45) is 3.26. The zero-order valence-corrected chi connectivity index (χ0v) is 13.5. The van der Waals surface area contributed by atoms with E-state index in [9.17, 15) is 5.11 Å². The van der Waals surface area contributed by atoms with Gasteiger partial charge in [0.1, 0.15) is 5.75 Å². The minimum Gasteiger partial charge on any atom is -0.507 e. The molecule has 0 spiro atoms. The van der Waals surface area contributed by atoms with Crippen molar-refractivity contribution in [1.82, 2.24) is 4.90 Å². The van der Waals surface area contributed by atoms with Crippen LogP contribution >= 0.6 is 0 Å². The van der Waals surface area contributed by atoms with Gasteiger partial charge in [-0.3, -0.25) is 4.90 Å². The number of methoxy groups -OCH3 is 1. The van der Waals surface area contributed by atoms with E-state index in [-0.39, 0.29) is 0 Å². The zero-order chi connectivity index (χ0) is 16.1. The number of hydrogen-bond acceptors (Lipinski definition) is 3. The fraction of sp³-hybridized carbons (Fsp3) is 0.300. The van der Waals surface area contributed by atoms with Gasteiger partial charge in [0.2, 0.25) is 0 Å². The van der Waals surface area contributed by atoms with E-state index in [2.05, 4.69) is 35.2 Å². The number of phenolic OH excluding ortho intramolecular Hbond substituents is 1. The van der Waals surface area contributed by atoms with Crippen LogP contribution in [-0.4, -0.2) is 30.2 Å². The maximum Gasteiger partial charge on any atom is 0.123 e. The molecule has 0 atom stereocenters. The van der Waals surface area contributed by atoms with Crippen molar-refractivity contribution in [3.05, 3.63) is 71.3 Å². The molecule has 2 aromatic rings. The number of nitrogens with zero attached hydrogens (tertiary/aromatic N) is 1. The third kappa shape index (κ3) is 4.01. The highest BCUT2D eigenvalue weighted by molar-refractivity contribution is 5.72. The summed E-state index contributed by atoms with van der Waals surface area (Å²) >= 11 is 0. The molecule has 0 bridgehead atoms. The largest absolute Gasteiger partial charge is 0.507 e. The van der Waals surface area contributed by atoms with Gasteiger partial charge in [-0.05, 0) is 29.2 Å². The molecule has 120 valence electrons. The molecule has 1 aliphatic heterocycles. The van der Waals surface area contributed by atoms with Gasteiger partial charge in [0, 0.05) is 32.3 Å². The van der Waals surface area contributed by atoms with Crippen LogP contribution in [-0.2, 0) is 17.9 Å². The number of ether oxygens (including phenoxy) is 1. The molecular formula is C20H23NO2. The van der Waals surface area contributed by atoms with Gasteiger partial charge in [-0.15, -0.1) is 0 Å². The predicted molar refractivity (Wildman–Crippen MR) is 93.1 cm³/mol. The Labute approximate surface area is 137 Å². The molecule has 3 heteroatoms. The second-order valence-electron chi connectivity index (χ2n) is 6.00. The Morgan fingerprint density at radius 3 is 2.74 bits per heavy atom. The van der Waals surface area contributed by atoms with Crippen LogP contribution in [0, 0.1) is 0 Å². The fourth-order valence-corrected chi connectivity index (χ4v) is 3.12. The Balaban J connectivity index is 1.70. The van der Waals surface area contributed by atoms with E-state index >= 15 is 0 Å². The maximum atomic E-state index is 10.1. The monoisotopic (exact) mass is 309 g/mol. The normalized spacial score (nSPS) is 15.4. The average Bonchev–Trinajstić information content (AvgIpc) is 2.56. The van der Waals surface area contributed by atoms with Gasteiger partial charge in [0.05, 0.1) is 6.61 Å². The SMILES string of the molecule is COCc1cccc(CN2CCC=C(c3ccccc3O)C2)c1. The smallest absolute Gasteiger partial charge is 0.123 e. The first-order valence-corrected chi connectivity index (χ1v) is 8.03. The summed E-state index contributed by atoms with van der Waals surface area (Å²) in [5, 5.41) is 10.1. The summed E-state index contributed by atoms with van der Waals surface area (Å²) in [7, 11) is 1.72. The summed E-state index contributed by atoms with van der Waals surface area (Å²) in [5.41, 5.74) is 4.67. The lowest BCUT2D eigenvalue weighted by atomic mass is 9.99. The van der Waals surface area contributed by atoms with E-state index in [0.717, 1.165) is 31.6 Å². The van der Waals surface area contributed by atoms with Gasteiger partial charge < -0.3 is 9.84 Å². The summed E-state index contributed by atoms with van der Waals surface area (Å²) in [4.78, 5) is 2.42. The predicted octanol–water partition coefficient (Wildman–Crippen LogP) is 3.83. The molecule has 1 aliphatic rings. The summed E-state index contributed by atoms with van der Waals surface area (Å²) < 4.78 is 5.21. The van der Waals surface area contributed by atoms with Crippen LogP contribution in [0.2, 0.25) is 0 Å². The number of phenols is 1. The molecule has 1 N–H and O–H groups in total. The minimum absolute atomic E-state index is 0.364. The lowest BCUT2D eigenvalue weighted by Crippen LogP contribution is -2.29. The van der Waals surface area contributed by atoms with Crippen molar-refractivity contribution in [2.24, 2.45) is 0 Å². The Morgan fingerprint density at radius 2 is 1.91 bits per heavy atom. The Morgan fingerprint density at radius 1 is 1.09 bits per heavy atom. The van der Waals surface area contributed by atoms with Crippen molar-refractivity contribution >= 4 is 5.57 Å². The third-order valence-corrected chi connectivity index (χ3v) is 4.19. The molecule has 0 unspecified atom stereocenters.